The number of piperidine rings is 1. The Morgan fingerprint density at radius 1 is 1.28 bits per heavy atom. The molecule has 2 fully saturated rings. The van der Waals surface area contributed by atoms with Gasteiger partial charge in [-0.3, -0.25) is 9.36 Å². The van der Waals surface area contributed by atoms with E-state index in [2.05, 4.69) is 31.9 Å². The highest BCUT2D eigenvalue weighted by Gasteiger charge is 2.27. The fraction of sp³-hybridized carbons (Fsp3) is 0.609. The summed E-state index contributed by atoms with van der Waals surface area (Å²) in [7, 11) is 0. The van der Waals surface area contributed by atoms with Gasteiger partial charge in [-0.2, -0.15) is 0 Å². The predicted octanol–water partition coefficient (Wildman–Crippen LogP) is 4.14. The zero-order chi connectivity index (χ0) is 22.5. The molecular formula is C23H32ClN5O2S. The minimum atomic E-state index is -0.306. The van der Waals surface area contributed by atoms with E-state index in [1.165, 1.54) is 11.8 Å². The summed E-state index contributed by atoms with van der Waals surface area (Å²) < 4.78 is 8.06. The molecule has 2 atom stereocenters. The maximum atomic E-state index is 12.8. The number of carbonyl (C=O) groups is 1. The Labute approximate surface area is 199 Å². The number of nitrogens with zero attached hydrogens (tertiary/aromatic N) is 4. The van der Waals surface area contributed by atoms with E-state index in [0.717, 1.165) is 74.5 Å². The number of benzene rings is 1. The second kappa shape index (κ2) is 10.9. The van der Waals surface area contributed by atoms with Crippen molar-refractivity contribution in [3.05, 3.63) is 34.9 Å². The molecule has 0 bridgehead atoms. The minimum absolute atomic E-state index is 0.0464. The van der Waals surface area contributed by atoms with Gasteiger partial charge in [-0.05, 0) is 50.2 Å². The molecule has 32 heavy (non-hydrogen) atoms. The van der Waals surface area contributed by atoms with E-state index in [0.29, 0.717) is 11.6 Å². The first kappa shape index (κ1) is 23.4. The third-order valence-corrected chi connectivity index (χ3v) is 7.69. The summed E-state index contributed by atoms with van der Waals surface area (Å²) in [5, 5.41) is 13.1. The van der Waals surface area contributed by atoms with Gasteiger partial charge in [0.25, 0.3) is 0 Å². The Morgan fingerprint density at radius 2 is 2.06 bits per heavy atom. The van der Waals surface area contributed by atoms with Gasteiger partial charge in [-0.15, -0.1) is 10.2 Å². The summed E-state index contributed by atoms with van der Waals surface area (Å²) in [5.41, 5.74) is 0.905. The van der Waals surface area contributed by atoms with Crippen LogP contribution < -0.4 is 10.2 Å². The van der Waals surface area contributed by atoms with E-state index < -0.39 is 0 Å². The van der Waals surface area contributed by atoms with Crippen LogP contribution in [0.3, 0.4) is 0 Å². The van der Waals surface area contributed by atoms with Crippen LogP contribution in [-0.2, 0) is 22.6 Å². The first-order valence-electron chi connectivity index (χ1n) is 11.5. The van der Waals surface area contributed by atoms with Crippen molar-refractivity contribution in [3.63, 3.8) is 0 Å². The zero-order valence-corrected chi connectivity index (χ0v) is 20.4. The lowest BCUT2D eigenvalue weighted by Gasteiger charge is -2.31. The average molecular weight is 478 g/mol. The number of hydrogen-bond acceptors (Lipinski definition) is 6. The van der Waals surface area contributed by atoms with E-state index in [1.807, 2.05) is 31.2 Å². The van der Waals surface area contributed by atoms with Crippen LogP contribution in [0.4, 0.5) is 5.95 Å². The van der Waals surface area contributed by atoms with Crippen LogP contribution in [0.25, 0.3) is 0 Å². The fourth-order valence-corrected chi connectivity index (χ4v) is 5.22. The molecule has 174 valence electrons. The van der Waals surface area contributed by atoms with Crippen LogP contribution in [0.5, 0.6) is 0 Å². The van der Waals surface area contributed by atoms with Gasteiger partial charge < -0.3 is 15.0 Å². The number of anilines is 1. The molecule has 0 radical (unpaired) electrons. The second-order valence-electron chi connectivity index (χ2n) is 8.77. The van der Waals surface area contributed by atoms with Crippen molar-refractivity contribution in [2.45, 2.75) is 69.1 Å². The molecule has 1 aromatic carbocycles. The summed E-state index contributed by atoms with van der Waals surface area (Å²) in [5.74, 6) is 1.60. The maximum Gasteiger partial charge on any atom is 0.233 e. The van der Waals surface area contributed by atoms with Crippen molar-refractivity contribution in [1.29, 1.82) is 0 Å². The number of nitrogens with one attached hydrogen (secondary N) is 1. The second-order valence-corrected chi connectivity index (χ2v) is 10.5. The van der Waals surface area contributed by atoms with Gasteiger partial charge in [-0.25, -0.2) is 0 Å². The summed E-state index contributed by atoms with van der Waals surface area (Å²) in [6.45, 7) is 8.13. The van der Waals surface area contributed by atoms with Gasteiger partial charge in [0.15, 0.2) is 5.16 Å². The minimum Gasteiger partial charge on any atom is -0.376 e. The zero-order valence-electron chi connectivity index (χ0n) is 18.8. The topological polar surface area (TPSA) is 72.3 Å². The van der Waals surface area contributed by atoms with E-state index in [4.69, 9.17) is 16.3 Å². The van der Waals surface area contributed by atoms with Gasteiger partial charge in [-0.1, -0.05) is 48.5 Å². The van der Waals surface area contributed by atoms with E-state index in [-0.39, 0.29) is 17.3 Å². The smallest absolute Gasteiger partial charge is 0.233 e. The van der Waals surface area contributed by atoms with Crippen LogP contribution in [0.2, 0.25) is 5.02 Å². The number of amides is 1. The average Bonchev–Trinajstić information content (AvgIpc) is 3.44. The van der Waals surface area contributed by atoms with Crippen LogP contribution in [0.15, 0.2) is 29.4 Å². The maximum absolute atomic E-state index is 12.8. The number of halogens is 1. The lowest BCUT2D eigenvalue weighted by molar-refractivity contribution is -0.120. The van der Waals surface area contributed by atoms with Crippen LogP contribution in [-0.4, -0.2) is 51.7 Å². The molecule has 2 aliphatic rings. The Balaban J connectivity index is 1.44. The van der Waals surface area contributed by atoms with Crippen molar-refractivity contribution in [3.8, 4) is 0 Å². The number of hydrogen-bond donors (Lipinski definition) is 1. The number of aromatic nitrogens is 3. The van der Waals surface area contributed by atoms with Gasteiger partial charge in [0, 0.05) is 31.3 Å². The van der Waals surface area contributed by atoms with Gasteiger partial charge in [0.1, 0.15) is 0 Å². The molecule has 9 heteroatoms. The van der Waals surface area contributed by atoms with E-state index in [9.17, 15) is 4.79 Å². The van der Waals surface area contributed by atoms with Crippen LogP contribution >= 0.6 is 23.4 Å². The van der Waals surface area contributed by atoms with Gasteiger partial charge in [0.2, 0.25) is 11.9 Å². The molecule has 2 saturated heterocycles. The van der Waals surface area contributed by atoms with Gasteiger partial charge in [0.05, 0.1) is 17.9 Å². The number of rotatable bonds is 8. The lowest BCUT2D eigenvalue weighted by atomic mass is 10.00. The molecule has 0 spiro atoms. The highest BCUT2D eigenvalue weighted by molar-refractivity contribution is 8.00. The first-order chi connectivity index (χ1) is 15.5. The van der Waals surface area contributed by atoms with Crippen molar-refractivity contribution < 1.29 is 9.53 Å². The summed E-state index contributed by atoms with van der Waals surface area (Å²) in [6.07, 6.45) is 4.64. The quantitative estimate of drug-likeness (QED) is 0.576. The molecule has 2 unspecified atom stereocenters. The van der Waals surface area contributed by atoms with Crippen molar-refractivity contribution in [2.75, 3.05) is 24.6 Å². The summed E-state index contributed by atoms with van der Waals surface area (Å²) in [4.78, 5) is 15.1. The monoisotopic (exact) mass is 477 g/mol. The van der Waals surface area contributed by atoms with Crippen molar-refractivity contribution >= 4 is 35.2 Å². The molecule has 0 aliphatic carbocycles. The summed E-state index contributed by atoms with van der Waals surface area (Å²) >= 11 is 7.66. The summed E-state index contributed by atoms with van der Waals surface area (Å²) in [6, 6.07) is 7.55. The molecule has 2 aromatic rings. The van der Waals surface area contributed by atoms with Crippen molar-refractivity contribution in [2.24, 2.45) is 5.92 Å². The number of ether oxygens (including phenoxy) is 1. The predicted molar refractivity (Wildman–Crippen MR) is 128 cm³/mol. The molecule has 1 aromatic heterocycles. The van der Waals surface area contributed by atoms with Crippen LogP contribution in [0, 0.1) is 5.92 Å². The van der Waals surface area contributed by atoms with E-state index in [1.54, 1.807) is 0 Å². The Kier molecular flexibility index (Phi) is 7.97. The Bertz CT molecular complexity index is 910. The largest absolute Gasteiger partial charge is 0.376 e. The SMILES string of the molecule is CC1CCN(c2nnc(SC(C)C(=O)NCc3ccccc3Cl)n2CC2CCCO2)CC1. The van der Waals surface area contributed by atoms with Crippen molar-refractivity contribution in [1.82, 2.24) is 20.1 Å². The normalized spacial score (nSPS) is 20.5. The third-order valence-electron chi connectivity index (χ3n) is 6.24. The molecule has 4 rings (SSSR count). The molecule has 1 N–H and O–H groups in total. The number of thioether (sulfide) groups is 1. The molecule has 3 heterocycles. The van der Waals surface area contributed by atoms with Gasteiger partial charge >= 0.3 is 0 Å². The number of carbonyl (C=O) groups excluding carboxylic acids is 1. The fourth-order valence-electron chi connectivity index (χ4n) is 4.14. The Hall–Kier alpha value is -1.77. The molecule has 0 saturated carbocycles. The standard InChI is InChI=1S/C23H32ClN5O2S/c1-16-9-11-28(12-10-16)22-26-27-23(29(22)15-19-7-5-13-31-19)32-17(2)21(30)25-14-18-6-3-4-8-20(18)24/h3-4,6,8,16-17,19H,5,7,9-15H2,1-2H3,(H,25,30). The van der Waals surface area contributed by atoms with E-state index >= 15 is 0 Å². The lowest BCUT2D eigenvalue weighted by Crippen LogP contribution is -2.35. The highest BCUT2D eigenvalue weighted by Crippen LogP contribution is 2.30. The highest BCUT2D eigenvalue weighted by atomic mass is 35.5. The molecule has 7 nitrogen and oxygen atoms in total. The first-order valence-corrected chi connectivity index (χ1v) is 12.7. The third kappa shape index (κ3) is 5.77. The Morgan fingerprint density at radius 3 is 2.78 bits per heavy atom. The molecular weight excluding hydrogens is 446 g/mol. The molecule has 1 amide bonds. The van der Waals surface area contributed by atoms with Crippen LogP contribution in [0.1, 0.15) is 45.1 Å². The molecule has 2 aliphatic heterocycles.